The molecule has 2 unspecified atom stereocenters. The topological polar surface area (TPSA) is 42.4 Å². The molecule has 21 heavy (non-hydrogen) atoms. The summed E-state index contributed by atoms with van der Waals surface area (Å²) in [7, 11) is 1.43. The van der Waals surface area contributed by atoms with Crippen molar-refractivity contribution >= 4 is 0 Å². The molecular weight excluding hydrogens is 269 g/mol. The number of benzene rings is 1. The molecule has 0 bridgehead atoms. The lowest BCUT2D eigenvalue weighted by Gasteiger charge is -2.28. The molecule has 0 radical (unpaired) electrons. The van der Waals surface area contributed by atoms with Gasteiger partial charge in [0.1, 0.15) is 0 Å². The third-order valence-corrected chi connectivity index (χ3v) is 4.14. The SMILES string of the molecule is COc1ccc(C(O)C2CCCc3cccnc32)cc1F. The summed E-state index contributed by atoms with van der Waals surface area (Å²) in [6.45, 7) is 0. The van der Waals surface area contributed by atoms with Crippen LogP contribution in [-0.2, 0) is 6.42 Å². The number of hydrogen-bond donors (Lipinski definition) is 1. The van der Waals surface area contributed by atoms with Gasteiger partial charge >= 0.3 is 0 Å². The molecule has 0 amide bonds. The number of aliphatic hydroxyl groups excluding tert-OH is 1. The maximum absolute atomic E-state index is 13.8. The minimum Gasteiger partial charge on any atom is -0.494 e. The van der Waals surface area contributed by atoms with Crippen LogP contribution in [0.5, 0.6) is 5.75 Å². The first-order valence-electron chi connectivity index (χ1n) is 7.16. The lowest BCUT2D eigenvalue weighted by atomic mass is 9.81. The van der Waals surface area contributed by atoms with Crippen LogP contribution < -0.4 is 4.74 Å². The van der Waals surface area contributed by atoms with Crippen LogP contribution in [-0.4, -0.2) is 17.2 Å². The molecule has 1 heterocycles. The number of nitrogens with zero attached hydrogens (tertiary/aromatic N) is 1. The van der Waals surface area contributed by atoms with Crippen LogP contribution in [0.25, 0.3) is 0 Å². The third kappa shape index (κ3) is 2.63. The average Bonchev–Trinajstić information content (AvgIpc) is 2.53. The van der Waals surface area contributed by atoms with Crippen molar-refractivity contribution in [3.63, 3.8) is 0 Å². The Labute approximate surface area is 123 Å². The Morgan fingerprint density at radius 3 is 3.00 bits per heavy atom. The van der Waals surface area contributed by atoms with Gasteiger partial charge in [-0.3, -0.25) is 4.98 Å². The fourth-order valence-corrected chi connectivity index (χ4v) is 3.05. The predicted octanol–water partition coefficient (Wildman–Crippen LogP) is 3.38. The van der Waals surface area contributed by atoms with E-state index in [0.717, 1.165) is 25.0 Å². The Kier molecular flexibility index (Phi) is 3.88. The first-order valence-corrected chi connectivity index (χ1v) is 7.16. The van der Waals surface area contributed by atoms with Gasteiger partial charge in [-0.25, -0.2) is 4.39 Å². The van der Waals surface area contributed by atoms with Crippen molar-refractivity contribution in [3.05, 3.63) is 59.2 Å². The first kappa shape index (κ1) is 14.0. The molecule has 1 aliphatic rings. The molecular formula is C17H18FNO2. The number of methoxy groups -OCH3 is 1. The number of aliphatic hydroxyl groups is 1. The molecule has 0 aliphatic heterocycles. The largest absolute Gasteiger partial charge is 0.494 e. The van der Waals surface area contributed by atoms with E-state index in [9.17, 15) is 9.50 Å². The van der Waals surface area contributed by atoms with Gasteiger partial charge in [0.15, 0.2) is 11.6 Å². The van der Waals surface area contributed by atoms with Crippen molar-refractivity contribution in [2.75, 3.05) is 7.11 Å². The van der Waals surface area contributed by atoms with E-state index in [4.69, 9.17) is 4.74 Å². The maximum atomic E-state index is 13.8. The Morgan fingerprint density at radius 1 is 1.38 bits per heavy atom. The lowest BCUT2D eigenvalue weighted by Crippen LogP contribution is -2.18. The summed E-state index contributed by atoms with van der Waals surface area (Å²) in [5.41, 5.74) is 2.69. The molecule has 1 N–H and O–H groups in total. The minimum absolute atomic E-state index is 0.0808. The van der Waals surface area contributed by atoms with E-state index in [-0.39, 0.29) is 11.7 Å². The second-order valence-corrected chi connectivity index (χ2v) is 5.39. The molecule has 4 heteroatoms. The highest BCUT2D eigenvalue weighted by molar-refractivity contribution is 5.34. The second-order valence-electron chi connectivity index (χ2n) is 5.39. The maximum Gasteiger partial charge on any atom is 0.165 e. The van der Waals surface area contributed by atoms with Crippen molar-refractivity contribution in [1.29, 1.82) is 0 Å². The van der Waals surface area contributed by atoms with E-state index in [0.29, 0.717) is 5.56 Å². The number of aromatic nitrogens is 1. The van der Waals surface area contributed by atoms with Crippen molar-refractivity contribution in [3.8, 4) is 5.75 Å². The molecule has 3 rings (SSSR count). The summed E-state index contributed by atoms with van der Waals surface area (Å²) in [5, 5.41) is 10.6. The van der Waals surface area contributed by atoms with Crippen LogP contribution in [0.3, 0.4) is 0 Å². The molecule has 1 aromatic carbocycles. The number of ether oxygens (including phenoxy) is 1. The molecule has 3 nitrogen and oxygen atoms in total. The normalized spacial score (nSPS) is 18.9. The monoisotopic (exact) mass is 287 g/mol. The summed E-state index contributed by atoms with van der Waals surface area (Å²) in [4.78, 5) is 4.42. The van der Waals surface area contributed by atoms with Gasteiger partial charge in [0.05, 0.1) is 13.2 Å². The van der Waals surface area contributed by atoms with Gasteiger partial charge in [-0.2, -0.15) is 0 Å². The van der Waals surface area contributed by atoms with Crippen molar-refractivity contribution in [2.45, 2.75) is 31.3 Å². The van der Waals surface area contributed by atoms with Gasteiger partial charge < -0.3 is 9.84 Å². The van der Waals surface area contributed by atoms with E-state index in [2.05, 4.69) is 11.1 Å². The van der Waals surface area contributed by atoms with Crippen LogP contribution in [0.4, 0.5) is 4.39 Å². The summed E-state index contributed by atoms with van der Waals surface area (Å²) >= 11 is 0. The highest BCUT2D eigenvalue weighted by atomic mass is 19.1. The zero-order valence-corrected chi connectivity index (χ0v) is 11.9. The van der Waals surface area contributed by atoms with E-state index in [1.807, 2.05) is 6.07 Å². The Morgan fingerprint density at radius 2 is 2.24 bits per heavy atom. The van der Waals surface area contributed by atoms with Gasteiger partial charge in [0, 0.05) is 17.8 Å². The number of halogens is 1. The first-order chi connectivity index (χ1) is 10.2. The summed E-state index contributed by atoms with van der Waals surface area (Å²) in [6, 6.07) is 8.58. The van der Waals surface area contributed by atoms with E-state index in [1.54, 1.807) is 18.3 Å². The lowest BCUT2D eigenvalue weighted by molar-refractivity contribution is 0.133. The van der Waals surface area contributed by atoms with E-state index >= 15 is 0 Å². The van der Waals surface area contributed by atoms with Crippen LogP contribution in [0.1, 0.15) is 41.7 Å². The third-order valence-electron chi connectivity index (χ3n) is 4.14. The van der Waals surface area contributed by atoms with Crippen molar-refractivity contribution in [1.82, 2.24) is 4.98 Å². The number of fused-ring (bicyclic) bond motifs is 1. The summed E-state index contributed by atoms with van der Waals surface area (Å²) in [5.74, 6) is -0.345. The predicted molar refractivity (Wildman–Crippen MR) is 77.8 cm³/mol. The molecule has 2 atom stereocenters. The highest BCUT2D eigenvalue weighted by Crippen LogP contribution is 2.39. The van der Waals surface area contributed by atoms with Crippen LogP contribution in [0.15, 0.2) is 36.5 Å². The Hall–Kier alpha value is -1.94. The van der Waals surface area contributed by atoms with E-state index in [1.165, 1.54) is 18.7 Å². The van der Waals surface area contributed by atoms with Gasteiger partial charge in [0.2, 0.25) is 0 Å². The fraction of sp³-hybridized carbons (Fsp3) is 0.353. The van der Waals surface area contributed by atoms with Gasteiger partial charge in [-0.05, 0) is 48.6 Å². The standard InChI is InChI=1S/C17H18FNO2/c1-21-15-8-7-12(10-14(15)18)17(20)13-6-2-4-11-5-3-9-19-16(11)13/h3,5,7-10,13,17,20H,2,4,6H2,1H3. The second kappa shape index (κ2) is 5.82. The van der Waals surface area contributed by atoms with E-state index < -0.39 is 11.9 Å². The average molecular weight is 287 g/mol. The number of aryl methyl sites for hydroxylation is 1. The Bertz CT molecular complexity index is 644. The fourth-order valence-electron chi connectivity index (χ4n) is 3.05. The summed E-state index contributed by atoms with van der Waals surface area (Å²) < 4.78 is 18.7. The Balaban J connectivity index is 1.92. The molecule has 1 aromatic heterocycles. The van der Waals surface area contributed by atoms with Gasteiger partial charge in [-0.1, -0.05) is 12.1 Å². The number of pyridine rings is 1. The van der Waals surface area contributed by atoms with Crippen LogP contribution >= 0.6 is 0 Å². The molecule has 0 saturated heterocycles. The molecule has 1 aliphatic carbocycles. The molecule has 0 saturated carbocycles. The molecule has 2 aromatic rings. The minimum atomic E-state index is -0.751. The van der Waals surface area contributed by atoms with Crippen LogP contribution in [0, 0.1) is 5.82 Å². The molecule has 110 valence electrons. The number of rotatable bonds is 3. The quantitative estimate of drug-likeness (QED) is 0.941. The zero-order valence-electron chi connectivity index (χ0n) is 11.9. The molecule has 0 spiro atoms. The van der Waals surface area contributed by atoms with Gasteiger partial charge in [0.25, 0.3) is 0 Å². The smallest absolute Gasteiger partial charge is 0.165 e. The number of hydrogen-bond acceptors (Lipinski definition) is 3. The van der Waals surface area contributed by atoms with Gasteiger partial charge in [-0.15, -0.1) is 0 Å². The summed E-state index contributed by atoms with van der Waals surface area (Å²) in [6.07, 6.45) is 3.86. The van der Waals surface area contributed by atoms with Crippen molar-refractivity contribution in [2.24, 2.45) is 0 Å². The highest BCUT2D eigenvalue weighted by Gasteiger charge is 2.29. The van der Waals surface area contributed by atoms with Crippen LogP contribution in [0.2, 0.25) is 0 Å². The zero-order chi connectivity index (χ0) is 14.8. The van der Waals surface area contributed by atoms with Crippen molar-refractivity contribution < 1.29 is 14.2 Å². The molecule has 0 fully saturated rings.